The van der Waals surface area contributed by atoms with Crippen molar-refractivity contribution in [2.75, 3.05) is 14.2 Å². The lowest BCUT2D eigenvalue weighted by atomic mass is 10.2. The minimum Gasteiger partial charge on any atom is -0.497 e. The van der Waals surface area contributed by atoms with E-state index in [4.69, 9.17) is 9.47 Å². The third-order valence-corrected chi connectivity index (χ3v) is 3.49. The van der Waals surface area contributed by atoms with Crippen LogP contribution >= 0.6 is 0 Å². The zero-order valence-corrected chi connectivity index (χ0v) is 13.2. The zero-order valence-electron chi connectivity index (χ0n) is 13.2. The monoisotopic (exact) mass is 324 g/mol. The zero-order chi connectivity index (χ0) is 16.9. The maximum absolute atomic E-state index is 12.2. The number of imidazole rings is 1. The average molecular weight is 324 g/mol. The van der Waals surface area contributed by atoms with Gasteiger partial charge in [-0.15, -0.1) is 0 Å². The first-order valence-corrected chi connectivity index (χ1v) is 7.20. The molecule has 3 aromatic rings. The number of hydrogen-bond donors (Lipinski definition) is 2. The van der Waals surface area contributed by atoms with E-state index in [9.17, 15) is 4.79 Å². The number of aromatic amines is 1. The highest BCUT2D eigenvalue weighted by Gasteiger charge is 2.07. The number of nitrogens with zero attached hydrogens (tertiary/aromatic N) is 2. The van der Waals surface area contributed by atoms with E-state index in [1.54, 1.807) is 56.9 Å². The Morgan fingerprint density at radius 3 is 2.88 bits per heavy atom. The summed E-state index contributed by atoms with van der Waals surface area (Å²) >= 11 is 0. The lowest BCUT2D eigenvalue weighted by Crippen LogP contribution is -2.17. The molecule has 0 aliphatic rings. The first kappa shape index (κ1) is 15.5. The standard InChI is InChI=1S/C17H16N4O3/c1-23-13-4-6-16(24-2)12(7-13)9-20-21-17(22)11-3-5-14-15(8-11)19-10-18-14/h3-10H,1-2H3,(H,18,19)(H,21,22)/b20-9+. The smallest absolute Gasteiger partial charge is 0.271 e. The largest absolute Gasteiger partial charge is 0.497 e. The third kappa shape index (κ3) is 3.19. The fourth-order valence-electron chi connectivity index (χ4n) is 2.24. The van der Waals surface area contributed by atoms with Gasteiger partial charge in [0.2, 0.25) is 0 Å². The number of rotatable bonds is 5. The number of carbonyl (C=O) groups excluding carboxylic acids is 1. The van der Waals surface area contributed by atoms with Gasteiger partial charge in [-0.3, -0.25) is 4.79 Å². The molecule has 0 saturated carbocycles. The molecule has 1 aromatic heterocycles. The third-order valence-electron chi connectivity index (χ3n) is 3.49. The van der Waals surface area contributed by atoms with Crippen LogP contribution in [-0.4, -0.2) is 36.3 Å². The van der Waals surface area contributed by atoms with Gasteiger partial charge in [0.15, 0.2) is 0 Å². The summed E-state index contributed by atoms with van der Waals surface area (Å²) in [6, 6.07) is 10.5. The van der Waals surface area contributed by atoms with Gasteiger partial charge in [0, 0.05) is 11.1 Å². The van der Waals surface area contributed by atoms with E-state index in [0.717, 1.165) is 11.0 Å². The number of hydrogen-bond acceptors (Lipinski definition) is 5. The van der Waals surface area contributed by atoms with Crippen LogP contribution in [0.5, 0.6) is 11.5 Å². The van der Waals surface area contributed by atoms with Crippen LogP contribution in [0.15, 0.2) is 47.8 Å². The van der Waals surface area contributed by atoms with E-state index in [-0.39, 0.29) is 5.91 Å². The quantitative estimate of drug-likeness (QED) is 0.557. The molecular formula is C17H16N4O3. The molecule has 0 radical (unpaired) electrons. The van der Waals surface area contributed by atoms with Crippen LogP contribution < -0.4 is 14.9 Å². The van der Waals surface area contributed by atoms with E-state index in [2.05, 4.69) is 20.5 Å². The van der Waals surface area contributed by atoms with Crippen molar-refractivity contribution >= 4 is 23.2 Å². The second-order valence-corrected chi connectivity index (χ2v) is 4.94. The average Bonchev–Trinajstić information content (AvgIpc) is 3.09. The number of nitrogens with one attached hydrogen (secondary N) is 2. The minimum absolute atomic E-state index is 0.315. The SMILES string of the molecule is COc1ccc(OC)c(/C=N/NC(=O)c2ccc3nc[nH]c3c2)c1. The van der Waals surface area contributed by atoms with Crippen molar-refractivity contribution in [2.45, 2.75) is 0 Å². The molecule has 2 aromatic carbocycles. The van der Waals surface area contributed by atoms with Crippen molar-refractivity contribution in [2.24, 2.45) is 5.10 Å². The molecule has 7 heteroatoms. The Kier molecular flexibility index (Phi) is 4.42. The van der Waals surface area contributed by atoms with Crippen LogP contribution in [0.3, 0.4) is 0 Å². The van der Waals surface area contributed by atoms with Gasteiger partial charge in [-0.25, -0.2) is 10.4 Å². The van der Waals surface area contributed by atoms with Gasteiger partial charge in [-0.2, -0.15) is 5.10 Å². The summed E-state index contributed by atoms with van der Waals surface area (Å²) in [5, 5.41) is 3.98. The molecule has 0 spiro atoms. The number of aromatic nitrogens is 2. The Morgan fingerprint density at radius 1 is 1.21 bits per heavy atom. The molecule has 122 valence electrons. The summed E-state index contributed by atoms with van der Waals surface area (Å²) in [5.74, 6) is 0.991. The summed E-state index contributed by atoms with van der Waals surface area (Å²) in [6.45, 7) is 0. The van der Waals surface area contributed by atoms with Crippen LogP contribution in [0.25, 0.3) is 11.0 Å². The lowest BCUT2D eigenvalue weighted by Gasteiger charge is -2.06. The van der Waals surface area contributed by atoms with Crippen molar-refractivity contribution in [1.29, 1.82) is 0 Å². The normalized spacial score (nSPS) is 10.9. The molecule has 1 heterocycles. The molecule has 0 fully saturated rings. The highest BCUT2D eigenvalue weighted by Crippen LogP contribution is 2.22. The molecule has 3 rings (SSSR count). The van der Waals surface area contributed by atoms with Gasteiger partial charge in [0.25, 0.3) is 5.91 Å². The number of amides is 1. The molecule has 0 bridgehead atoms. The fraction of sp³-hybridized carbons (Fsp3) is 0.118. The summed E-state index contributed by atoms with van der Waals surface area (Å²) < 4.78 is 10.4. The van der Waals surface area contributed by atoms with Crippen molar-refractivity contribution in [3.05, 3.63) is 53.9 Å². The summed E-state index contributed by atoms with van der Waals surface area (Å²) in [4.78, 5) is 19.2. The topological polar surface area (TPSA) is 88.6 Å². The summed E-state index contributed by atoms with van der Waals surface area (Å²) in [7, 11) is 3.15. The lowest BCUT2D eigenvalue weighted by molar-refractivity contribution is 0.0955. The van der Waals surface area contributed by atoms with E-state index in [1.807, 2.05) is 0 Å². The maximum Gasteiger partial charge on any atom is 0.271 e. The van der Waals surface area contributed by atoms with Crippen molar-refractivity contribution in [1.82, 2.24) is 15.4 Å². The molecule has 0 saturated heterocycles. The molecular weight excluding hydrogens is 308 g/mol. The number of H-pyrrole nitrogens is 1. The minimum atomic E-state index is -0.315. The number of carbonyl (C=O) groups is 1. The molecule has 1 amide bonds. The number of hydrazone groups is 1. The van der Waals surface area contributed by atoms with Crippen molar-refractivity contribution in [3.8, 4) is 11.5 Å². The predicted octanol–water partition coefficient (Wildman–Crippen LogP) is 2.34. The highest BCUT2D eigenvalue weighted by molar-refractivity contribution is 5.97. The second kappa shape index (κ2) is 6.82. The van der Waals surface area contributed by atoms with Crippen LogP contribution in [0.2, 0.25) is 0 Å². The molecule has 24 heavy (non-hydrogen) atoms. The Hall–Kier alpha value is -3.35. The summed E-state index contributed by atoms with van der Waals surface area (Å²) in [5.41, 5.74) is 5.27. The predicted molar refractivity (Wildman–Crippen MR) is 90.7 cm³/mol. The Bertz CT molecular complexity index is 902. The fourth-order valence-corrected chi connectivity index (χ4v) is 2.24. The number of fused-ring (bicyclic) bond motifs is 1. The van der Waals surface area contributed by atoms with Gasteiger partial charge < -0.3 is 14.5 Å². The van der Waals surface area contributed by atoms with E-state index in [1.165, 1.54) is 6.21 Å². The molecule has 0 aliphatic carbocycles. The Labute approximate surface area is 138 Å². The van der Waals surface area contributed by atoms with Gasteiger partial charge in [0.05, 0.1) is 37.8 Å². The second-order valence-electron chi connectivity index (χ2n) is 4.94. The van der Waals surface area contributed by atoms with Crippen molar-refractivity contribution < 1.29 is 14.3 Å². The molecule has 2 N–H and O–H groups in total. The van der Waals surface area contributed by atoms with Crippen LogP contribution in [-0.2, 0) is 0 Å². The van der Waals surface area contributed by atoms with Crippen LogP contribution in [0.4, 0.5) is 0 Å². The van der Waals surface area contributed by atoms with Gasteiger partial charge in [0.1, 0.15) is 11.5 Å². The number of benzene rings is 2. The van der Waals surface area contributed by atoms with Crippen molar-refractivity contribution in [3.63, 3.8) is 0 Å². The molecule has 0 atom stereocenters. The maximum atomic E-state index is 12.2. The van der Waals surface area contributed by atoms with Crippen LogP contribution in [0.1, 0.15) is 15.9 Å². The number of methoxy groups -OCH3 is 2. The van der Waals surface area contributed by atoms with Gasteiger partial charge >= 0.3 is 0 Å². The van der Waals surface area contributed by atoms with E-state index < -0.39 is 0 Å². The first-order chi connectivity index (χ1) is 11.7. The first-order valence-electron chi connectivity index (χ1n) is 7.20. The molecule has 0 aliphatic heterocycles. The molecule has 0 unspecified atom stereocenters. The van der Waals surface area contributed by atoms with Gasteiger partial charge in [-0.1, -0.05) is 0 Å². The molecule has 7 nitrogen and oxygen atoms in total. The highest BCUT2D eigenvalue weighted by atomic mass is 16.5. The number of ether oxygens (including phenoxy) is 2. The van der Waals surface area contributed by atoms with Gasteiger partial charge in [-0.05, 0) is 36.4 Å². The van der Waals surface area contributed by atoms with Crippen LogP contribution in [0, 0.1) is 0 Å². The van der Waals surface area contributed by atoms with E-state index >= 15 is 0 Å². The Balaban J connectivity index is 1.74. The summed E-state index contributed by atoms with van der Waals surface area (Å²) in [6.07, 6.45) is 3.09. The van der Waals surface area contributed by atoms with E-state index in [0.29, 0.717) is 22.6 Å². The Morgan fingerprint density at radius 2 is 2.08 bits per heavy atom.